The van der Waals surface area contributed by atoms with Gasteiger partial charge in [-0.1, -0.05) is 0 Å². The van der Waals surface area contributed by atoms with Gasteiger partial charge in [0.15, 0.2) is 0 Å². The fourth-order valence-corrected chi connectivity index (χ4v) is 2.70. The van der Waals surface area contributed by atoms with E-state index in [1.807, 2.05) is 12.4 Å². The summed E-state index contributed by atoms with van der Waals surface area (Å²) in [6, 6.07) is 5.68. The molecule has 2 atom stereocenters. The Morgan fingerprint density at radius 3 is 3.29 bits per heavy atom. The predicted octanol–water partition coefficient (Wildman–Crippen LogP) is 2.26. The summed E-state index contributed by atoms with van der Waals surface area (Å²) in [5.74, 6) is 0.974. The lowest BCUT2D eigenvalue weighted by Crippen LogP contribution is -2.28. The van der Waals surface area contributed by atoms with Gasteiger partial charge in [0.1, 0.15) is 11.9 Å². The van der Waals surface area contributed by atoms with Gasteiger partial charge in [-0.15, -0.1) is 0 Å². The molecule has 3 rings (SSSR count). The van der Waals surface area contributed by atoms with Crippen LogP contribution >= 0.6 is 0 Å². The number of anilines is 1. The van der Waals surface area contributed by atoms with E-state index in [2.05, 4.69) is 26.6 Å². The first-order valence-electron chi connectivity index (χ1n) is 7.08. The summed E-state index contributed by atoms with van der Waals surface area (Å²) in [4.78, 5) is 4.23. The molecule has 21 heavy (non-hydrogen) atoms. The molecule has 0 amide bonds. The Morgan fingerprint density at radius 2 is 2.48 bits per heavy atom. The zero-order chi connectivity index (χ0) is 14.5. The highest BCUT2D eigenvalue weighted by Crippen LogP contribution is 2.33. The molecule has 2 aromatic rings. The summed E-state index contributed by atoms with van der Waals surface area (Å²) in [6.07, 6.45) is 7.55. The molecule has 108 valence electrons. The highest BCUT2D eigenvalue weighted by molar-refractivity contribution is 5.51. The number of nitrogens with zero attached hydrogens (tertiary/aromatic N) is 3. The van der Waals surface area contributed by atoms with Crippen molar-refractivity contribution in [3.05, 3.63) is 41.9 Å². The maximum atomic E-state index is 9.09. The first-order valence-corrected chi connectivity index (χ1v) is 7.08. The molecular formula is C15H17N5O. The molecule has 0 bridgehead atoms. The van der Waals surface area contributed by atoms with Gasteiger partial charge in [-0.05, 0) is 25.0 Å². The number of nitrogens with one attached hydrogen (secondary N) is 2. The van der Waals surface area contributed by atoms with Gasteiger partial charge < -0.3 is 10.1 Å². The second-order valence-electron chi connectivity index (χ2n) is 5.12. The third kappa shape index (κ3) is 3.03. The van der Waals surface area contributed by atoms with Crippen molar-refractivity contribution in [2.45, 2.75) is 18.9 Å². The van der Waals surface area contributed by atoms with Gasteiger partial charge in [-0.3, -0.25) is 5.10 Å². The van der Waals surface area contributed by atoms with Gasteiger partial charge in [-0.2, -0.15) is 10.4 Å². The Kier molecular flexibility index (Phi) is 4.12. The lowest BCUT2D eigenvalue weighted by molar-refractivity contribution is -0.0238. The van der Waals surface area contributed by atoms with Crippen LogP contribution in [0.15, 0.2) is 30.7 Å². The van der Waals surface area contributed by atoms with Crippen molar-refractivity contribution in [3.63, 3.8) is 0 Å². The maximum absolute atomic E-state index is 9.09. The number of rotatable bonds is 4. The molecule has 1 fully saturated rings. The van der Waals surface area contributed by atoms with Crippen LogP contribution in [0.2, 0.25) is 0 Å². The van der Waals surface area contributed by atoms with Crippen LogP contribution in [-0.2, 0) is 4.74 Å². The topological polar surface area (TPSA) is 86.6 Å². The fourth-order valence-electron chi connectivity index (χ4n) is 2.70. The Bertz CT molecular complexity index is 619. The predicted molar refractivity (Wildman–Crippen MR) is 77.4 cm³/mol. The normalized spacial score (nSPS) is 21.7. The zero-order valence-corrected chi connectivity index (χ0v) is 11.6. The van der Waals surface area contributed by atoms with E-state index >= 15 is 0 Å². The van der Waals surface area contributed by atoms with E-state index in [0.29, 0.717) is 17.3 Å². The van der Waals surface area contributed by atoms with Crippen LogP contribution < -0.4 is 5.32 Å². The third-order valence-corrected chi connectivity index (χ3v) is 3.75. The van der Waals surface area contributed by atoms with Crippen LogP contribution in [0, 0.1) is 17.2 Å². The summed E-state index contributed by atoms with van der Waals surface area (Å²) < 4.78 is 5.89. The first-order chi connectivity index (χ1) is 10.4. The minimum atomic E-state index is 0.0410. The molecule has 6 nitrogen and oxygen atoms in total. The number of hydrogen-bond donors (Lipinski definition) is 2. The third-order valence-electron chi connectivity index (χ3n) is 3.75. The maximum Gasteiger partial charge on any atom is 0.143 e. The number of H-pyrrole nitrogens is 1. The van der Waals surface area contributed by atoms with Gasteiger partial charge in [-0.25, -0.2) is 4.98 Å². The van der Waals surface area contributed by atoms with Crippen molar-refractivity contribution in [2.24, 2.45) is 5.92 Å². The van der Waals surface area contributed by atoms with Crippen molar-refractivity contribution in [2.75, 3.05) is 18.5 Å². The molecule has 0 aromatic carbocycles. The average Bonchev–Trinajstić information content (AvgIpc) is 3.08. The lowest BCUT2D eigenvalue weighted by atomic mass is 9.91. The van der Waals surface area contributed by atoms with Crippen LogP contribution in [0.25, 0.3) is 0 Å². The molecule has 1 aliphatic rings. The molecule has 1 aliphatic heterocycles. The smallest absolute Gasteiger partial charge is 0.143 e. The quantitative estimate of drug-likeness (QED) is 0.898. The Hall–Kier alpha value is -2.39. The summed E-state index contributed by atoms with van der Waals surface area (Å²) in [7, 11) is 0. The Morgan fingerprint density at radius 1 is 1.52 bits per heavy atom. The first kappa shape index (κ1) is 13.6. The molecule has 0 aliphatic carbocycles. The fraction of sp³-hybridized carbons (Fsp3) is 0.400. The number of aromatic amines is 1. The SMILES string of the molecule is N#Cc1cccnc1NC[C@@H]1CCCO[C@H]1c1cn[nH]c1. The van der Waals surface area contributed by atoms with Crippen LogP contribution in [0.5, 0.6) is 0 Å². The molecule has 1 saturated heterocycles. The number of pyridine rings is 1. The van der Waals surface area contributed by atoms with Gasteiger partial charge in [0.2, 0.25) is 0 Å². The number of hydrogen-bond acceptors (Lipinski definition) is 5. The van der Waals surface area contributed by atoms with Crippen molar-refractivity contribution in [3.8, 4) is 6.07 Å². The molecule has 0 radical (unpaired) electrons. The molecule has 0 unspecified atom stereocenters. The Labute approximate surface area is 123 Å². The number of nitriles is 1. The van der Waals surface area contributed by atoms with E-state index in [0.717, 1.165) is 31.6 Å². The number of ether oxygens (including phenoxy) is 1. The van der Waals surface area contributed by atoms with Crippen LogP contribution in [0.3, 0.4) is 0 Å². The molecule has 0 saturated carbocycles. The molecule has 2 aromatic heterocycles. The second kappa shape index (κ2) is 6.37. The minimum Gasteiger partial charge on any atom is -0.373 e. The van der Waals surface area contributed by atoms with Gasteiger partial charge in [0.25, 0.3) is 0 Å². The van der Waals surface area contributed by atoms with Gasteiger partial charge in [0.05, 0.1) is 17.9 Å². The number of aromatic nitrogens is 3. The summed E-state index contributed by atoms with van der Waals surface area (Å²) in [5.41, 5.74) is 1.64. The van der Waals surface area contributed by atoms with Crippen LogP contribution in [0.4, 0.5) is 5.82 Å². The van der Waals surface area contributed by atoms with E-state index in [1.54, 1.807) is 18.3 Å². The lowest BCUT2D eigenvalue weighted by Gasteiger charge is -2.31. The summed E-state index contributed by atoms with van der Waals surface area (Å²) >= 11 is 0. The average molecular weight is 283 g/mol. The molecule has 2 N–H and O–H groups in total. The highest BCUT2D eigenvalue weighted by Gasteiger charge is 2.28. The Balaban J connectivity index is 1.69. The molecule has 0 spiro atoms. The van der Waals surface area contributed by atoms with Crippen LogP contribution in [-0.4, -0.2) is 28.3 Å². The van der Waals surface area contributed by atoms with E-state index < -0.39 is 0 Å². The van der Waals surface area contributed by atoms with E-state index in [4.69, 9.17) is 10.00 Å². The second-order valence-corrected chi connectivity index (χ2v) is 5.12. The standard InChI is InChI=1S/C15H17N5O/c16-7-11-3-1-5-17-15(11)18-8-12-4-2-6-21-14(12)13-9-19-20-10-13/h1,3,5,9-10,12,14H,2,4,6,8H2,(H,17,18)(H,19,20)/t12-,14+/m0/s1. The van der Waals surface area contributed by atoms with E-state index in [9.17, 15) is 0 Å². The van der Waals surface area contributed by atoms with E-state index in [1.165, 1.54) is 0 Å². The zero-order valence-electron chi connectivity index (χ0n) is 11.6. The minimum absolute atomic E-state index is 0.0410. The van der Waals surface area contributed by atoms with Gasteiger partial charge in [0, 0.05) is 37.0 Å². The van der Waals surface area contributed by atoms with Crippen LogP contribution in [0.1, 0.15) is 30.1 Å². The van der Waals surface area contributed by atoms with E-state index in [-0.39, 0.29) is 6.10 Å². The van der Waals surface area contributed by atoms with Crippen molar-refractivity contribution in [1.82, 2.24) is 15.2 Å². The van der Waals surface area contributed by atoms with Crippen molar-refractivity contribution < 1.29 is 4.74 Å². The molecule has 6 heteroatoms. The largest absolute Gasteiger partial charge is 0.373 e. The summed E-state index contributed by atoms with van der Waals surface area (Å²) in [5, 5.41) is 19.2. The van der Waals surface area contributed by atoms with Gasteiger partial charge >= 0.3 is 0 Å². The highest BCUT2D eigenvalue weighted by atomic mass is 16.5. The molecular weight excluding hydrogens is 266 g/mol. The van der Waals surface area contributed by atoms with Crippen molar-refractivity contribution in [1.29, 1.82) is 5.26 Å². The molecule has 3 heterocycles. The monoisotopic (exact) mass is 283 g/mol. The van der Waals surface area contributed by atoms with Crippen molar-refractivity contribution >= 4 is 5.82 Å². The summed E-state index contributed by atoms with van der Waals surface area (Å²) in [6.45, 7) is 1.50.